The number of rotatable bonds is 5. The lowest BCUT2D eigenvalue weighted by molar-refractivity contribution is -0.116. The summed E-state index contributed by atoms with van der Waals surface area (Å²) >= 11 is 0. The summed E-state index contributed by atoms with van der Waals surface area (Å²) in [5.74, 6) is 0.0597. The minimum atomic E-state index is -0.908. The normalized spacial score (nSPS) is 16.3. The standard InChI is InChI=1S/C19H22N2O2/c1-2-9-19(23,12-14-4-3-10-20-13-14)16-6-7-17-15(11-16)5-8-18(22)21-17/h3-4,6-7,10-11,13,23H,2,5,8-9,12H2,1H3,(H,21,22). The van der Waals surface area contributed by atoms with Crippen LogP contribution < -0.4 is 5.32 Å². The number of nitrogens with one attached hydrogen (secondary N) is 1. The van der Waals surface area contributed by atoms with Crippen LogP contribution in [0.5, 0.6) is 0 Å². The number of hydrogen-bond acceptors (Lipinski definition) is 3. The van der Waals surface area contributed by atoms with E-state index in [2.05, 4.69) is 17.2 Å². The molecule has 1 atom stereocenters. The number of hydrogen-bond donors (Lipinski definition) is 2. The zero-order chi connectivity index (χ0) is 16.3. The molecule has 4 heteroatoms. The van der Waals surface area contributed by atoms with E-state index in [1.165, 1.54) is 0 Å². The van der Waals surface area contributed by atoms with Gasteiger partial charge in [-0.3, -0.25) is 9.78 Å². The van der Waals surface area contributed by atoms with E-state index in [9.17, 15) is 9.90 Å². The lowest BCUT2D eigenvalue weighted by Gasteiger charge is -2.30. The van der Waals surface area contributed by atoms with Gasteiger partial charge < -0.3 is 10.4 Å². The van der Waals surface area contributed by atoms with Crippen molar-refractivity contribution in [2.45, 2.75) is 44.6 Å². The molecule has 1 aliphatic heterocycles. The predicted octanol–water partition coefficient (Wildman–Crippen LogP) is 3.20. The van der Waals surface area contributed by atoms with Gasteiger partial charge in [0.25, 0.3) is 0 Å². The second-order valence-corrected chi connectivity index (χ2v) is 6.24. The van der Waals surface area contributed by atoms with Gasteiger partial charge in [-0.05, 0) is 41.7 Å². The molecule has 2 heterocycles. The topological polar surface area (TPSA) is 62.2 Å². The SMILES string of the molecule is CCCC(O)(Cc1cccnc1)c1ccc2c(c1)CCC(=O)N2. The Morgan fingerprint density at radius 2 is 2.17 bits per heavy atom. The first kappa shape index (κ1) is 15.7. The summed E-state index contributed by atoms with van der Waals surface area (Å²) in [5.41, 5.74) is 2.99. The van der Waals surface area contributed by atoms with Crippen molar-refractivity contribution in [3.8, 4) is 0 Å². The summed E-state index contributed by atoms with van der Waals surface area (Å²) in [4.78, 5) is 15.6. The van der Waals surface area contributed by atoms with Crippen LogP contribution in [0.15, 0.2) is 42.7 Å². The Kier molecular flexibility index (Phi) is 4.44. The van der Waals surface area contributed by atoms with Gasteiger partial charge in [0.05, 0.1) is 5.60 Å². The lowest BCUT2D eigenvalue weighted by Crippen LogP contribution is -2.29. The van der Waals surface area contributed by atoms with E-state index in [0.29, 0.717) is 19.3 Å². The monoisotopic (exact) mass is 310 g/mol. The van der Waals surface area contributed by atoms with Crippen LogP contribution in [0.25, 0.3) is 0 Å². The maximum atomic E-state index is 11.5. The van der Waals surface area contributed by atoms with Crippen molar-refractivity contribution in [2.24, 2.45) is 0 Å². The summed E-state index contributed by atoms with van der Waals surface area (Å²) in [6.07, 6.45) is 6.90. The fourth-order valence-electron chi connectivity index (χ4n) is 3.26. The fraction of sp³-hybridized carbons (Fsp3) is 0.368. The molecule has 0 fully saturated rings. The predicted molar refractivity (Wildman–Crippen MR) is 90.1 cm³/mol. The van der Waals surface area contributed by atoms with Crippen molar-refractivity contribution in [1.82, 2.24) is 4.98 Å². The second-order valence-electron chi connectivity index (χ2n) is 6.24. The summed E-state index contributed by atoms with van der Waals surface area (Å²) < 4.78 is 0. The van der Waals surface area contributed by atoms with Crippen molar-refractivity contribution in [3.63, 3.8) is 0 Å². The average Bonchev–Trinajstić information content (AvgIpc) is 2.55. The van der Waals surface area contributed by atoms with E-state index < -0.39 is 5.60 Å². The molecule has 1 aromatic carbocycles. The van der Waals surface area contributed by atoms with Crippen LogP contribution in [0.1, 0.15) is 42.9 Å². The van der Waals surface area contributed by atoms with Crippen LogP contribution in [0.4, 0.5) is 5.69 Å². The number of pyridine rings is 1. The number of aromatic nitrogens is 1. The zero-order valence-corrected chi connectivity index (χ0v) is 13.4. The second kappa shape index (κ2) is 6.50. The van der Waals surface area contributed by atoms with Gasteiger partial charge in [-0.25, -0.2) is 0 Å². The molecule has 1 aliphatic rings. The molecule has 1 amide bonds. The number of anilines is 1. The van der Waals surface area contributed by atoms with Crippen molar-refractivity contribution in [1.29, 1.82) is 0 Å². The highest BCUT2D eigenvalue weighted by molar-refractivity contribution is 5.93. The molecule has 0 aliphatic carbocycles. The Hall–Kier alpha value is -2.20. The number of amides is 1. The number of fused-ring (bicyclic) bond motifs is 1. The third-order valence-electron chi connectivity index (χ3n) is 4.42. The van der Waals surface area contributed by atoms with Crippen LogP contribution in [0, 0.1) is 0 Å². The van der Waals surface area contributed by atoms with E-state index in [4.69, 9.17) is 0 Å². The molecule has 0 radical (unpaired) electrons. The highest BCUT2D eigenvalue weighted by Gasteiger charge is 2.30. The smallest absolute Gasteiger partial charge is 0.224 e. The molecule has 2 N–H and O–H groups in total. The third-order valence-corrected chi connectivity index (χ3v) is 4.42. The molecule has 3 rings (SSSR count). The average molecular weight is 310 g/mol. The van der Waals surface area contributed by atoms with E-state index in [1.807, 2.05) is 30.3 Å². The molecule has 0 bridgehead atoms. The number of nitrogens with zero attached hydrogens (tertiary/aromatic N) is 1. The Morgan fingerprint density at radius 1 is 1.30 bits per heavy atom. The first-order valence-corrected chi connectivity index (χ1v) is 8.15. The van der Waals surface area contributed by atoms with Gasteiger partial charge in [-0.1, -0.05) is 31.5 Å². The van der Waals surface area contributed by atoms with Crippen molar-refractivity contribution in [2.75, 3.05) is 5.32 Å². The van der Waals surface area contributed by atoms with Crippen LogP contribution in [-0.2, 0) is 23.2 Å². The van der Waals surface area contributed by atoms with Gasteiger partial charge in [-0.15, -0.1) is 0 Å². The largest absolute Gasteiger partial charge is 0.385 e. The van der Waals surface area contributed by atoms with Crippen LogP contribution in [0.3, 0.4) is 0 Å². The van der Waals surface area contributed by atoms with Gasteiger partial charge in [-0.2, -0.15) is 0 Å². The zero-order valence-electron chi connectivity index (χ0n) is 13.4. The van der Waals surface area contributed by atoms with Crippen molar-refractivity contribution in [3.05, 3.63) is 59.4 Å². The van der Waals surface area contributed by atoms with E-state index in [0.717, 1.165) is 35.2 Å². The number of carbonyl (C=O) groups is 1. The van der Waals surface area contributed by atoms with Gasteiger partial charge in [0, 0.05) is 30.9 Å². The Bertz CT molecular complexity index is 700. The number of carbonyl (C=O) groups excluding carboxylic acids is 1. The van der Waals surface area contributed by atoms with Gasteiger partial charge in [0.15, 0.2) is 0 Å². The minimum absolute atomic E-state index is 0.0597. The van der Waals surface area contributed by atoms with E-state index in [-0.39, 0.29) is 5.91 Å². The third kappa shape index (κ3) is 3.42. The van der Waals surface area contributed by atoms with Crippen LogP contribution in [-0.4, -0.2) is 16.0 Å². The van der Waals surface area contributed by atoms with Crippen molar-refractivity contribution >= 4 is 11.6 Å². The Balaban J connectivity index is 1.93. The van der Waals surface area contributed by atoms with Crippen LogP contribution >= 0.6 is 0 Å². The molecule has 1 unspecified atom stereocenters. The maximum Gasteiger partial charge on any atom is 0.224 e. The molecule has 2 aromatic rings. The molecule has 0 saturated carbocycles. The molecule has 23 heavy (non-hydrogen) atoms. The van der Waals surface area contributed by atoms with E-state index >= 15 is 0 Å². The van der Waals surface area contributed by atoms with Gasteiger partial charge in [0.2, 0.25) is 5.91 Å². The molecule has 0 saturated heterocycles. The maximum absolute atomic E-state index is 11.5. The number of benzene rings is 1. The Morgan fingerprint density at radius 3 is 2.91 bits per heavy atom. The first-order chi connectivity index (χ1) is 11.1. The van der Waals surface area contributed by atoms with Crippen molar-refractivity contribution < 1.29 is 9.90 Å². The molecule has 0 spiro atoms. The minimum Gasteiger partial charge on any atom is -0.385 e. The molecule has 120 valence electrons. The summed E-state index contributed by atoms with van der Waals surface area (Å²) in [7, 11) is 0. The van der Waals surface area contributed by atoms with Crippen LogP contribution in [0.2, 0.25) is 0 Å². The molecule has 1 aromatic heterocycles. The fourth-order valence-corrected chi connectivity index (χ4v) is 3.26. The Labute approximate surface area is 136 Å². The van der Waals surface area contributed by atoms with E-state index in [1.54, 1.807) is 12.4 Å². The number of aliphatic hydroxyl groups is 1. The molecule has 4 nitrogen and oxygen atoms in total. The highest BCUT2D eigenvalue weighted by atomic mass is 16.3. The summed E-state index contributed by atoms with van der Waals surface area (Å²) in [5, 5.41) is 14.2. The summed E-state index contributed by atoms with van der Waals surface area (Å²) in [6.45, 7) is 2.08. The quantitative estimate of drug-likeness (QED) is 0.891. The van der Waals surface area contributed by atoms with Gasteiger partial charge >= 0.3 is 0 Å². The summed E-state index contributed by atoms with van der Waals surface area (Å²) in [6, 6.07) is 9.76. The van der Waals surface area contributed by atoms with Gasteiger partial charge in [0.1, 0.15) is 0 Å². The number of aryl methyl sites for hydroxylation is 1. The first-order valence-electron chi connectivity index (χ1n) is 8.15. The molecular weight excluding hydrogens is 288 g/mol. The lowest BCUT2D eigenvalue weighted by atomic mass is 9.82. The molecular formula is C19H22N2O2. The highest BCUT2D eigenvalue weighted by Crippen LogP contribution is 2.34.